The van der Waals surface area contributed by atoms with Crippen molar-refractivity contribution in [1.82, 2.24) is 4.90 Å². The van der Waals surface area contributed by atoms with Gasteiger partial charge in [-0.1, -0.05) is 0 Å². The number of hydrogen-bond acceptors (Lipinski definition) is 2. The third-order valence-corrected chi connectivity index (χ3v) is 2.26. The van der Waals surface area contributed by atoms with Gasteiger partial charge in [0.05, 0.1) is 0 Å². The van der Waals surface area contributed by atoms with Crippen molar-refractivity contribution in [2.75, 3.05) is 14.1 Å². The lowest BCUT2D eigenvalue weighted by Gasteiger charge is -2.23. The van der Waals surface area contributed by atoms with E-state index in [0.29, 0.717) is 6.29 Å². The molecule has 0 aliphatic carbocycles. The lowest BCUT2D eigenvalue weighted by atomic mass is 10.0. The minimum Gasteiger partial charge on any atom is -0.303 e. The van der Waals surface area contributed by atoms with E-state index in [4.69, 9.17) is 0 Å². The summed E-state index contributed by atoms with van der Waals surface area (Å²) in [5.74, 6) is -0.985. The number of carbonyl (C=O) groups excluding carboxylic acids is 1. The highest BCUT2D eigenvalue weighted by molar-refractivity contribution is 5.51. The molecule has 82 valence electrons. The molecule has 0 aliphatic rings. The van der Waals surface area contributed by atoms with Crippen LogP contribution in [0.2, 0.25) is 0 Å². The van der Waals surface area contributed by atoms with E-state index < -0.39 is 17.7 Å². The average molecular weight is 213 g/mol. The Kier molecular flexibility index (Phi) is 3.91. The van der Waals surface area contributed by atoms with Crippen molar-refractivity contribution in [3.63, 3.8) is 0 Å². The molecule has 1 atom stereocenters. The summed E-state index contributed by atoms with van der Waals surface area (Å²) in [5, 5.41) is 0. The average Bonchev–Trinajstić information content (AvgIpc) is 2.18. The molecule has 1 aromatic rings. The van der Waals surface area contributed by atoms with E-state index in [9.17, 15) is 13.6 Å². The molecule has 1 aromatic carbocycles. The van der Waals surface area contributed by atoms with Crippen molar-refractivity contribution >= 4 is 6.29 Å². The molecule has 0 saturated heterocycles. The minimum atomic E-state index is -0.496. The summed E-state index contributed by atoms with van der Waals surface area (Å²) in [7, 11) is 3.44. The molecular weight excluding hydrogens is 200 g/mol. The summed E-state index contributed by atoms with van der Waals surface area (Å²) < 4.78 is 26.3. The van der Waals surface area contributed by atoms with Gasteiger partial charge in [-0.3, -0.25) is 0 Å². The Labute approximate surface area is 87.5 Å². The van der Waals surface area contributed by atoms with Gasteiger partial charge < -0.3 is 9.69 Å². The van der Waals surface area contributed by atoms with Gasteiger partial charge in [0.15, 0.2) is 0 Å². The first-order valence-electron chi connectivity index (χ1n) is 4.61. The first-order chi connectivity index (χ1) is 7.06. The molecule has 0 bridgehead atoms. The van der Waals surface area contributed by atoms with Crippen LogP contribution in [0.3, 0.4) is 0 Å². The lowest BCUT2D eigenvalue weighted by Crippen LogP contribution is -2.21. The van der Waals surface area contributed by atoms with E-state index in [2.05, 4.69) is 0 Å². The van der Waals surface area contributed by atoms with Gasteiger partial charge >= 0.3 is 0 Å². The predicted molar refractivity (Wildman–Crippen MR) is 53.5 cm³/mol. The van der Waals surface area contributed by atoms with Crippen molar-refractivity contribution in [3.8, 4) is 0 Å². The third-order valence-electron chi connectivity index (χ3n) is 2.26. The summed E-state index contributed by atoms with van der Waals surface area (Å²) in [4.78, 5) is 12.1. The molecule has 0 radical (unpaired) electrons. The summed E-state index contributed by atoms with van der Waals surface area (Å²) in [6.45, 7) is 0. The number of hydrogen-bond donors (Lipinski definition) is 0. The maximum atomic E-state index is 13.4. The van der Waals surface area contributed by atoms with Crippen LogP contribution < -0.4 is 0 Å². The largest absolute Gasteiger partial charge is 0.303 e. The van der Waals surface area contributed by atoms with E-state index >= 15 is 0 Å². The maximum Gasteiger partial charge on any atom is 0.128 e. The first-order valence-corrected chi connectivity index (χ1v) is 4.61. The van der Waals surface area contributed by atoms with Gasteiger partial charge in [-0.05, 0) is 32.3 Å². The molecule has 0 aromatic heterocycles. The molecule has 0 aliphatic heterocycles. The molecule has 15 heavy (non-hydrogen) atoms. The van der Waals surface area contributed by atoms with Gasteiger partial charge in [0.1, 0.15) is 17.9 Å². The van der Waals surface area contributed by atoms with Crippen molar-refractivity contribution in [2.45, 2.75) is 12.5 Å². The van der Waals surface area contributed by atoms with E-state index in [1.54, 1.807) is 19.0 Å². The number of aldehydes is 1. The highest BCUT2D eigenvalue weighted by Crippen LogP contribution is 2.24. The summed E-state index contributed by atoms with van der Waals surface area (Å²) in [5.41, 5.74) is 0.215. The fraction of sp³-hybridized carbons (Fsp3) is 0.364. The van der Waals surface area contributed by atoms with Crippen LogP contribution in [-0.4, -0.2) is 25.3 Å². The van der Waals surface area contributed by atoms with Crippen LogP contribution in [0.5, 0.6) is 0 Å². The van der Waals surface area contributed by atoms with Crippen molar-refractivity contribution < 1.29 is 13.6 Å². The molecule has 0 saturated carbocycles. The van der Waals surface area contributed by atoms with Crippen LogP contribution in [0, 0.1) is 11.6 Å². The van der Waals surface area contributed by atoms with Crippen molar-refractivity contribution in [3.05, 3.63) is 35.4 Å². The van der Waals surface area contributed by atoms with Gasteiger partial charge in [-0.25, -0.2) is 8.78 Å². The Balaban J connectivity index is 3.09. The van der Waals surface area contributed by atoms with E-state index in [1.807, 2.05) is 0 Å². The number of rotatable bonds is 4. The highest BCUT2D eigenvalue weighted by Gasteiger charge is 2.18. The van der Waals surface area contributed by atoms with Crippen LogP contribution in [0.25, 0.3) is 0 Å². The van der Waals surface area contributed by atoms with E-state index in [-0.39, 0.29) is 12.0 Å². The quantitative estimate of drug-likeness (QED) is 0.714. The number of benzene rings is 1. The molecule has 1 unspecified atom stereocenters. The second-order valence-electron chi connectivity index (χ2n) is 3.55. The number of halogens is 2. The van der Waals surface area contributed by atoms with Crippen molar-refractivity contribution in [1.29, 1.82) is 0 Å². The Bertz CT molecular complexity index is 352. The zero-order chi connectivity index (χ0) is 11.4. The van der Waals surface area contributed by atoms with Crippen molar-refractivity contribution in [2.24, 2.45) is 0 Å². The third kappa shape index (κ3) is 2.83. The Hall–Kier alpha value is -1.29. The van der Waals surface area contributed by atoms with Crippen LogP contribution in [0.4, 0.5) is 8.78 Å². The Morgan fingerprint density at radius 3 is 2.60 bits per heavy atom. The van der Waals surface area contributed by atoms with E-state index in [0.717, 1.165) is 18.2 Å². The molecule has 4 heteroatoms. The summed E-state index contributed by atoms with van der Waals surface area (Å²) in [6, 6.07) is 2.85. The zero-order valence-corrected chi connectivity index (χ0v) is 8.71. The fourth-order valence-corrected chi connectivity index (χ4v) is 1.48. The minimum absolute atomic E-state index is 0.146. The van der Waals surface area contributed by atoms with Crippen LogP contribution in [-0.2, 0) is 4.79 Å². The number of nitrogens with zero attached hydrogens (tertiary/aromatic N) is 1. The fourth-order valence-electron chi connectivity index (χ4n) is 1.48. The summed E-state index contributed by atoms with van der Waals surface area (Å²) in [6.07, 6.45) is 0.850. The van der Waals surface area contributed by atoms with Crippen LogP contribution in [0.1, 0.15) is 18.0 Å². The Morgan fingerprint density at radius 2 is 2.07 bits per heavy atom. The highest BCUT2D eigenvalue weighted by atomic mass is 19.1. The molecule has 2 nitrogen and oxygen atoms in total. The van der Waals surface area contributed by atoms with Crippen LogP contribution in [0.15, 0.2) is 18.2 Å². The van der Waals surface area contributed by atoms with E-state index in [1.165, 1.54) is 0 Å². The second-order valence-corrected chi connectivity index (χ2v) is 3.55. The molecule has 0 N–H and O–H groups in total. The van der Waals surface area contributed by atoms with Gasteiger partial charge in [0, 0.05) is 18.0 Å². The predicted octanol–water partition coefficient (Wildman–Crippen LogP) is 2.16. The topological polar surface area (TPSA) is 20.3 Å². The SMILES string of the molecule is CN(C)C(CC=O)c1cc(F)ccc1F. The van der Waals surface area contributed by atoms with Gasteiger partial charge in [-0.15, -0.1) is 0 Å². The maximum absolute atomic E-state index is 13.4. The lowest BCUT2D eigenvalue weighted by molar-refractivity contribution is -0.108. The monoisotopic (exact) mass is 213 g/mol. The van der Waals surface area contributed by atoms with Crippen LogP contribution >= 0.6 is 0 Å². The summed E-state index contributed by atoms with van der Waals surface area (Å²) >= 11 is 0. The smallest absolute Gasteiger partial charge is 0.128 e. The first kappa shape index (κ1) is 11.8. The second kappa shape index (κ2) is 4.98. The van der Waals surface area contributed by atoms with Gasteiger partial charge in [0.25, 0.3) is 0 Å². The molecule has 0 fully saturated rings. The molecular formula is C11H13F2NO. The molecule has 0 heterocycles. The Morgan fingerprint density at radius 1 is 1.40 bits per heavy atom. The standard InChI is InChI=1S/C11H13F2NO/c1-14(2)11(5-6-15)9-7-8(12)3-4-10(9)13/h3-4,6-7,11H,5H2,1-2H3. The molecule has 1 rings (SSSR count). The van der Waals surface area contributed by atoms with Gasteiger partial charge in [0.2, 0.25) is 0 Å². The normalized spacial score (nSPS) is 12.9. The number of carbonyl (C=O) groups is 1. The molecule has 0 spiro atoms. The molecule has 0 amide bonds. The zero-order valence-electron chi connectivity index (χ0n) is 8.71. The van der Waals surface area contributed by atoms with Gasteiger partial charge in [-0.2, -0.15) is 0 Å².